The van der Waals surface area contributed by atoms with Crippen molar-refractivity contribution in [2.45, 2.75) is 13.1 Å². The van der Waals surface area contributed by atoms with Gasteiger partial charge in [0.15, 0.2) is 17.3 Å². The zero-order valence-electron chi connectivity index (χ0n) is 16.9. The minimum Gasteiger partial charge on any atom is -0.350 e. The van der Waals surface area contributed by atoms with Gasteiger partial charge >= 0.3 is 0 Å². The van der Waals surface area contributed by atoms with Crippen LogP contribution in [0, 0.1) is 21.7 Å². The largest absolute Gasteiger partial charge is 0.350 e. The third kappa shape index (κ3) is 4.59. The molecule has 4 rings (SSSR count). The summed E-state index contributed by atoms with van der Waals surface area (Å²) in [5.41, 5.74) is 0.609. The molecule has 0 bridgehead atoms. The van der Waals surface area contributed by atoms with Gasteiger partial charge < -0.3 is 5.32 Å². The predicted octanol–water partition coefficient (Wildman–Crippen LogP) is 2.26. The Labute approximate surface area is 184 Å². The van der Waals surface area contributed by atoms with Crippen LogP contribution in [-0.4, -0.2) is 36.7 Å². The SMILES string of the molecule is O=C(NCCn1ncc2c(=O)n(Cc3ccc([N+](=O)[O-])cc3)cnc21)c1ccc(F)c(F)c1. The number of halogens is 2. The van der Waals surface area contributed by atoms with Gasteiger partial charge in [-0.1, -0.05) is 12.1 Å². The number of amides is 1. The fourth-order valence-corrected chi connectivity index (χ4v) is 3.21. The molecule has 33 heavy (non-hydrogen) atoms. The standard InChI is InChI=1S/C21H16F2N6O4/c22-17-6-3-14(9-18(17)23)20(30)24-7-8-28-19-16(10-26-28)21(31)27(12-25-19)11-13-1-4-15(5-2-13)29(32)33/h1-6,9-10,12H,7-8,11H2,(H,24,30). The number of aromatic nitrogens is 4. The summed E-state index contributed by atoms with van der Waals surface area (Å²) in [7, 11) is 0. The zero-order chi connectivity index (χ0) is 23.5. The van der Waals surface area contributed by atoms with Crippen LogP contribution in [0.1, 0.15) is 15.9 Å². The van der Waals surface area contributed by atoms with E-state index in [0.29, 0.717) is 11.2 Å². The third-order valence-corrected chi connectivity index (χ3v) is 4.91. The first-order chi connectivity index (χ1) is 15.8. The predicted molar refractivity (Wildman–Crippen MR) is 113 cm³/mol. The lowest BCUT2D eigenvalue weighted by molar-refractivity contribution is -0.384. The molecular formula is C21H16F2N6O4. The van der Waals surface area contributed by atoms with Crippen molar-refractivity contribution in [3.63, 3.8) is 0 Å². The maximum atomic E-state index is 13.3. The summed E-state index contributed by atoms with van der Waals surface area (Å²) >= 11 is 0. The number of carbonyl (C=O) groups is 1. The Kier molecular flexibility index (Phi) is 5.89. The number of fused-ring (bicyclic) bond motifs is 1. The number of nitrogens with zero attached hydrogens (tertiary/aromatic N) is 5. The van der Waals surface area contributed by atoms with Crippen LogP contribution < -0.4 is 10.9 Å². The van der Waals surface area contributed by atoms with Gasteiger partial charge in [0.1, 0.15) is 11.7 Å². The zero-order valence-corrected chi connectivity index (χ0v) is 16.9. The van der Waals surface area contributed by atoms with Crippen molar-refractivity contribution in [2.24, 2.45) is 0 Å². The minimum absolute atomic E-state index is 0.0218. The van der Waals surface area contributed by atoms with Crippen LogP contribution in [0.3, 0.4) is 0 Å². The van der Waals surface area contributed by atoms with Crippen LogP contribution in [0.15, 0.2) is 59.8 Å². The van der Waals surface area contributed by atoms with Crippen molar-refractivity contribution in [3.8, 4) is 0 Å². The molecule has 0 spiro atoms. The van der Waals surface area contributed by atoms with E-state index in [1.54, 1.807) is 12.1 Å². The van der Waals surface area contributed by atoms with Crippen LogP contribution in [0.25, 0.3) is 11.0 Å². The van der Waals surface area contributed by atoms with Crippen molar-refractivity contribution < 1.29 is 18.5 Å². The van der Waals surface area contributed by atoms with Gasteiger partial charge in [0.25, 0.3) is 17.2 Å². The first kappa shape index (κ1) is 21.7. The summed E-state index contributed by atoms with van der Waals surface area (Å²) < 4.78 is 29.1. The van der Waals surface area contributed by atoms with E-state index in [0.717, 1.165) is 12.1 Å². The van der Waals surface area contributed by atoms with Gasteiger partial charge in [-0.3, -0.25) is 24.3 Å². The topological polar surface area (TPSA) is 125 Å². The van der Waals surface area contributed by atoms with Crippen LogP contribution in [-0.2, 0) is 13.1 Å². The Morgan fingerprint density at radius 3 is 2.58 bits per heavy atom. The van der Waals surface area contributed by atoms with E-state index < -0.39 is 22.5 Å². The summed E-state index contributed by atoms with van der Waals surface area (Å²) in [5.74, 6) is -2.74. The molecule has 2 aromatic carbocycles. The lowest BCUT2D eigenvalue weighted by Gasteiger charge is -2.08. The quantitative estimate of drug-likeness (QED) is 0.337. The van der Waals surface area contributed by atoms with Crippen molar-refractivity contribution in [1.82, 2.24) is 24.6 Å². The van der Waals surface area contributed by atoms with Gasteiger partial charge in [-0.25, -0.2) is 18.4 Å². The van der Waals surface area contributed by atoms with Gasteiger partial charge in [0.2, 0.25) is 0 Å². The molecule has 0 unspecified atom stereocenters. The van der Waals surface area contributed by atoms with Gasteiger partial charge in [0, 0.05) is 24.2 Å². The Balaban J connectivity index is 1.44. The Hall–Kier alpha value is -4.48. The van der Waals surface area contributed by atoms with Crippen molar-refractivity contribution in [1.29, 1.82) is 0 Å². The number of nitro benzene ring substituents is 1. The summed E-state index contributed by atoms with van der Waals surface area (Å²) in [5, 5.41) is 17.7. The highest BCUT2D eigenvalue weighted by Gasteiger charge is 2.13. The second kappa shape index (κ2) is 8.94. The lowest BCUT2D eigenvalue weighted by Crippen LogP contribution is -2.28. The van der Waals surface area contributed by atoms with E-state index in [1.807, 2.05) is 0 Å². The van der Waals surface area contributed by atoms with E-state index in [9.17, 15) is 28.5 Å². The van der Waals surface area contributed by atoms with Crippen LogP contribution >= 0.6 is 0 Å². The minimum atomic E-state index is -1.12. The molecular weight excluding hydrogens is 438 g/mol. The summed E-state index contributed by atoms with van der Waals surface area (Å²) in [6.45, 7) is 0.481. The average molecular weight is 454 g/mol. The second-order valence-corrected chi connectivity index (χ2v) is 7.09. The number of carbonyl (C=O) groups excluding carboxylic acids is 1. The molecule has 10 nitrogen and oxygen atoms in total. The molecule has 0 aliphatic rings. The number of nitrogens with one attached hydrogen (secondary N) is 1. The van der Waals surface area contributed by atoms with E-state index in [-0.39, 0.29) is 41.8 Å². The van der Waals surface area contributed by atoms with Crippen LogP contribution in [0.5, 0.6) is 0 Å². The smallest absolute Gasteiger partial charge is 0.269 e. The van der Waals surface area contributed by atoms with Crippen molar-refractivity contribution >= 4 is 22.6 Å². The highest BCUT2D eigenvalue weighted by atomic mass is 19.2. The first-order valence-electron chi connectivity index (χ1n) is 9.71. The Morgan fingerprint density at radius 1 is 1.12 bits per heavy atom. The number of hydrogen-bond donors (Lipinski definition) is 1. The second-order valence-electron chi connectivity index (χ2n) is 7.09. The highest BCUT2D eigenvalue weighted by Crippen LogP contribution is 2.13. The third-order valence-electron chi connectivity index (χ3n) is 4.91. The molecule has 0 aliphatic heterocycles. The molecule has 2 aromatic heterocycles. The number of non-ortho nitro benzene ring substituents is 1. The van der Waals surface area contributed by atoms with Gasteiger partial charge in [-0.2, -0.15) is 5.10 Å². The number of nitro groups is 1. The fourth-order valence-electron chi connectivity index (χ4n) is 3.21. The monoisotopic (exact) mass is 454 g/mol. The Bertz CT molecular complexity index is 1410. The average Bonchev–Trinajstić information content (AvgIpc) is 3.21. The molecule has 4 aromatic rings. The molecule has 2 heterocycles. The van der Waals surface area contributed by atoms with E-state index in [4.69, 9.17) is 0 Å². The molecule has 0 saturated carbocycles. The van der Waals surface area contributed by atoms with Gasteiger partial charge in [-0.15, -0.1) is 0 Å². The molecule has 0 atom stereocenters. The van der Waals surface area contributed by atoms with Crippen LogP contribution in [0.4, 0.5) is 14.5 Å². The molecule has 1 amide bonds. The van der Waals surface area contributed by atoms with E-state index in [1.165, 1.54) is 40.0 Å². The first-order valence-corrected chi connectivity index (χ1v) is 9.71. The molecule has 0 fully saturated rings. The number of hydrogen-bond acceptors (Lipinski definition) is 6. The summed E-state index contributed by atoms with van der Waals surface area (Å²) in [6.07, 6.45) is 2.72. The lowest BCUT2D eigenvalue weighted by atomic mass is 10.2. The normalized spacial score (nSPS) is 11.0. The fraction of sp³-hybridized carbons (Fsp3) is 0.143. The van der Waals surface area contributed by atoms with E-state index >= 15 is 0 Å². The maximum Gasteiger partial charge on any atom is 0.269 e. The summed E-state index contributed by atoms with van der Waals surface area (Å²) in [4.78, 5) is 39.4. The molecule has 1 N–H and O–H groups in total. The molecule has 0 radical (unpaired) electrons. The van der Waals surface area contributed by atoms with Crippen molar-refractivity contribution in [2.75, 3.05) is 6.54 Å². The number of rotatable bonds is 7. The maximum absolute atomic E-state index is 13.3. The molecule has 12 heteroatoms. The van der Waals surface area contributed by atoms with Crippen molar-refractivity contribution in [3.05, 3.63) is 98.2 Å². The highest BCUT2D eigenvalue weighted by molar-refractivity contribution is 5.94. The van der Waals surface area contributed by atoms with Gasteiger partial charge in [0.05, 0.1) is 24.2 Å². The van der Waals surface area contributed by atoms with E-state index in [2.05, 4.69) is 15.4 Å². The number of benzene rings is 2. The molecule has 168 valence electrons. The van der Waals surface area contributed by atoms with Gasteiger partial charge in [-0.05, 0) is 23.8 Å². The molecule has 0 aliphatic carbocycles. The Morgan fingerprint density at radius 2 is 1.88 bits per heavy atom. The van der Waals surface area contributed by atoms with Crippen LogP contribution in [0.2, 0.25) is 0 Å². The summed E-state index contributed by atoms with van der Waals surface area (Å²) in [6, 6.07) is 8.70. The molecule has 0 saturated heterocycles.